The van der Waals surface area contributed by atoms with E-state index >= 15 is 0 Å². The number of thiazole rings is 1. The van der Waals surface area contributed by atoms with Crippen molar-refractivity contribution in [2.75, 3.05) is 11.9 Å². The van der Waals surface area contributed by atoms with Gasteiger partial charge < -0.3 is 14.6 Å². The molecule has 0 radical (unpaired) electrons. The average Bonchev–Trinajstić information content (AvgIpc) is 3.20. The third kappa shape index (κ3) is 4.02. The second kappa shape index (κ2) is 7.70. The van der Waals surface area contributed by atoms with Crippen molar-refractivity contribution in [1.29, 1.82) is 0 Å². The lowest BCUT2D eigenvalue weighted by molar-refractivity contribution is -0.132. The first-order valence-corrected chi connectivity index (χ1v) is 10.1. The van der Waals surface area contributed by atoms with E-state index in [0.717, 1.165) is 10.6 Å². The van der Waals surface area contributed by atoms with Gasteiger partial charge in [-0.15, -0.1) is 0 Å². The number of urea groups is 1. The molecular formula is C19H21N5O4S. The molecule has 3 aromatic rings. The number of aromatic nitrogens is 2. The molecule has 0 atom stereocenters. The number of hydrogen-bond acceptors (Lipinski definition) is 6. The monoisotopic (exact) mass is 415 g/mol. The molecular weight excluding hydrogens is 394 g/mol. The zero-order valence-electron chi connectivity index (χ0n) is 16.1. The van der Waals surface area contributed by atoms with E-state index in [2.05, 4.69) is 15.6 Å². The van der Waals surface area contributed by atoms with Gasteiger partial charge in [-0.1, -0.05) is 23.5 Å². The summed E-state index contributed by atoms with van der Waals surface area (Å²) in [6.45, 7) is 4.60. The van der Waals surface area contributed by atoms with E-state index in [0.29, 0.717) is 35.7 Å². The Hall–Kier alpha value is -3.14. The van der Waals surface area contributed by atoms with Crippen molar-refractivity contribution in [2.45, 2.75) is 39.4 Å². The maximum atomic E-state index is 12.8. The van der Waals surface area contributed by atoms with E-state index in [1.165, 1.54) is 15.9 Å². The topological polar surface area (TPSA) is 109 Å². The van der Waals surface area contributed by atoms with E-state index in [4.69, 9.17) is 4.42 Å². The minimum Gasteiger partial charge on any atom is -0.408 e. The van der Waals surface area contributed by atoms with E-state index in [9.17, 15) is 14.4 Å². The molecule has 0 spiro atoms. The number of nitrogens with one attached hydrogen (secondary N) is 2. The molecule has 3 amide bonds. The number of hydrogen-bond donors (Lipinski definition) is 2. The van der Waals surface area contributed by atoms with Crippen molar-refractivity contribution >= 4 is 39.5 Å². The van der Waals surface area contributed by atoms with Gasteiger partial charge in [0.15, 0.2) is 10.7 Å². The zero-order valence-corrected chi connectivity index (χ0v) is 16.9. The Labute approximate surface area is 170 Å². The molecule has 152 valence electrons. The molecule has 0 unspecified atom stereocenters. The molecule has 1 aromatic carbocycles. The average molecular weight is 415 g/mol. The molecule has 2 N–H and O–H groups in total. The number of anilines is 1. The highest BCUT2D eigenvalue weighted by Gasteiger charge is 2.25. The Kier molecular flexibility index (Phi) is 5.10. The van der Waals surface area contributed by atoms with Crippen molar-refractivity contribution < 1.29 is 14.0 Å². The second-order valence-electron chi connectivity index (χ2n) is 7.13. The first kappa shape index (κ1) is 19.2. The van der Waals surface area contributed by atoms with E-state index in [-0.39, 0.29) is 24.5 Å². The van der Waals surface area contributed by atoms with Gasteiger partial charge in [0, 0.05) is 23.9 Å². The van der Waals surface area contributed by atoms with Crippen molar-refractivity contribution in [1.82, 2.24) is 19.8 Å². The van der Waals surface area contributed by atoms with Gasteiger partial charge in [0.1, 0.15) is 6.54 Å². The smallest absolute Gasteiger partial charge is 0.408 e. The quantitative estimate of drug-likeness (QED) is 0.679. The van der Waals surface area contributed by atoms with Gasteiger partial charge in [0.2, 0.25) is 5.91 Å². The lowest BCUT2D eigenvalue weighted by Gasteiger charge is -2.26. The molecule has 9 nitrogen and oxygen atoms in total. The summed E-state index contributed by atoms with van der Waals surface area (Å²) in [4.78, 5) is 43.9. The molecule has 0 fully saturated rings. The summed E-state index contributed by atoms with van der Waals surface area (Å²) < 4.78 is 6.54. The van der Waals surface area contributed by atoms with Crippen LogP contribution in [0, 0.1) is 0 Å². The molecule has 4 rings (SSSR count). The maximum Gasteiger partial charge on any atom is 0.420 e. The summed E-state index contributed by atoms with van der Waals surface area (Å²) in [5.41, 5.74) is 1.96. The summed E-state index contributed by atoms with van der Waals surface area (Å²) in [6.07, 6.45) is 0.603. The second-order valence-corrected chi connectivity index (χ2v) is 8.21. The number of nitrogens with zero attached hydrogens (tertiary/aromatic N) is 3. The Bertz CT molecular complexity index is 1130. The van der Waals surface area contributed by atoms with E-state index in [1.807, 2.05) is 13.8 Å². The van der Waals surface area contributed by atoms with E-state index in [1.54, 1.807) is 29.2 Å². The number of benzene rings is 1. The van der Waals surface area contributed by atoms with Crippen LogP contribution in [0.2, 0.25) is 0 Å². The standard InChI is InChI=1S/C19H21N5O4S/c1-11(2)20-17(26)22-18-21-12-7-8-23(9-15(12)29-18)16(25)10-24-13-5-3-4-6-14(13)28-19(24)27/h3-6,11H,7-10H2,1-2H3,(H2,20,21,22,26). The third-order valence-electron chi connectivity index (χ3n) is 4.59. The molecule has 3 heterocycles. The fourth-order valence-corrected chi connectivity index (χ4v) is 4.28. The van der Waals surface area contributed by atoms with Gasteiger partial charge in [-0.25, -0.2) is 14.6 Å². The summed E-state index contributed by atoms with van der Waals surface area (Å²) in [6, 6.07) is 6.76. The predicted octanol–water partition coefficient (Wildman–Crippen LogP) is 2.17. The van der Waals surface area contributed by atoms with Crippen LogP contribution in [0.5, 0.6) is 0 Å². The van der Waals surface area contributed by atoms with Gasteiger partial charge in [0.05, 0.1) is 17.8 Å². The highest BCUT2D eigenvalue weighted by atomic mass is 32.1. The van der Waals surface area contributed by atoms with Crippen LogP contribution in [-0.2, 0) is 24.3 Å². The number of para-hydroxylation sites is 2. The number of amides is 3. The fourth-order valence-electron chi connectivity index (χ4n) is 3.26. The number of carbonyl (C=O) groups excluding carboxylic acids is 2. The highest BCUT2D eigenvalue weighted by molar-refractivity contribution is 7.15. The molecule has 0 bridgehead atoms. The van der Waals surface area contributed by atoms with Gasteiger partial charge >= 0.3 is 11.8 Å². The number of carbonyl (C=O) groups is 2. The van der Waals surface area contributed by atoms with Gasteiger partial charge in [-0.2, -0.15) is 0 Å². The van der Waals surface area contributed by atoms with Gasteiger partial charge in [-0.3, -0.25) is 14.7 Å². The molecule has 0 saturated heterocycles. The van der Waals surface area contributed by atoms with E-state index < -0.39 is 5.76 Å². The van der Waals surface area contributed by atoms with Crippen molar-refractivity contribution in [3.63, 3.8) is 0 Å². The first-order chi connectivity index (χ1) is 13.9. The molecule has 10 heteroatoms. The summed E-state index contributed by atoms with van der Waals surface area (Å²) >= 11 is 1.36. The third-order valence-corrected chi connectivity index (χ3v) is 5.59. The molecule has 1 aliphatic heterocycles. The molecule has 1 aliphatic rings. The van der Waals surface area contributed by atoms with Crippen LogP contribution in [-0.4, -0.2) is 39.0 Å². The number of rotatable bonds is 4. The predicted molar refractivity (Wildman–Crippen MR) is 109 cm³/mol. The number of oxazole rings is 1. The van der Waals surface area contributed by atoms with Crippen molar-refractivity contribution in [3.8, 4) is 0 Å². The molecule has 0 saturated carbocycles. The van der Waals surface area contributed by atoms with Crippen LogP contribution in [0.25, 0.3) is 11.1 Å². The molecule has 29 heavy (non-hydrogen) atoms. The van der Waals surface area contributed by atoms with Crippen molar-refractivity contribution in [3.05, 3.63) is 45.4 Å². The summed E-state index contributed by atoms with van der Waals surface area (Å²) in [5, 5.41) is 6.00. The first-order valence-electron chi connectivity index (χ1n) is 9.33. The fraction of sp³-hybridized carbons (Fsp3) is 0.368. The minimum atomic E-state index is -0.544. The Balaban J connectivity index is 1.45. The van der Waals surface area contributed by atoms with Crippen LogP contribution in [0.4, 0.5) is 9.93 Å². The maximum absolute atomic E-state index is 12.8. The minimum absolute atomic E-state index is 0.0279. The summed E-state index contributed by atoms with van der Waals surface area (Å²) in [5.74, 6) is -0.706. The van der Waals surface area contributed by atoms with Crippen LogP contribution in [0.1, 0.15) is 24.4 Å². The zero-order chi connectivity index (χ0) is 20.5. The highest BCUT2D eigenvalue weighted by Crippen LogP contribution is 2.28. The van der Waals surface area contributed by atoms with Crippen LogP contribution < -0.4 is 16.4 Å². The lowest BCUT2D eigenvalue weighted by atomic mass is 10.2. The molecule has 0 aliphatic carbocycles. The van der Waals surface area contributed by atoms with Gasteiger partial charge in [0.25, 0.3) is 0 Å². The lowest BCUT2D eigenvalue weighted by Crippen LogP contribution is -2.38. The van der Waals surface area contributed by atoms with Crippen molar-refractivity contribution in [2.24, 2.45) is 0 Å². The SMILES string of the molecule is CC(C)NC(=O)Nc1nc2c(s1)CN(C(=O)Cn1c(=O)oc3ccccc31)CC2. The summed E-state index contributed by atoms with van der Waals surface area (Å²) in [7, 11) is 0. The largest absolute Gasteiger partial charge is 0.420 e. The van der Waals surface area contributed by atoms with Crippen LogP contribution in [0.3, 0.4) is 0 Å². The normalized spacial score (nSPS) is 13.6. The van der Waals surface area contributed by atoms with Crippen LogP contribution in [0.15, 0.2) is 33.5 Å². The Morgan fingerprint density at radius 3 is 2.90 bits per heavy atom. The molecule has 2 aromatic heterocycles. The number of fused-ring (bicyclic) bond motifs is 2. The van der Waals surface area contributed by atoms with Crippen LogP contribution >= 0.6 is 11.3 Å². The van der Waals surface area contributed by atoms with Gasteiger partial charge in [-0.05, 0) is 26.0 Å². The Morgan fingerprint density at radius 1 is 1.31 bits per heavy atom. The Morgan fingerprint density at radius 2 is 2.10 bits per heavy atom.